The third-order valence-corrected chi connectivity index (χ3v) is 5.86. The van der Waals surface area contributed by atoms with E-state index in [4.69, 9.17) is 16.2 Å². The Balaban J connectivity index is 1.86. The highest BCUT2D eigenvalue weighted by Gasteiger charge is 2.53. The molecule has 0 amide bonds. The molecule has 1 fully saturated rings. The lowest BCUT2D eigenvalue weighted by atomic mass is 9.55. The lowest BCUT2D eigenvalue weighted by molar-refractivity contribution is -0.143. The minimum Gasteiger partial charge on any atom is -0.373 e. The zero-order valence-corrected chi connectivity index (χ0v) is 16.9. The number of halogens is 6. The first kappa shape index (κ1) is 23.6. The van der Waals surface area contributed by atoms with Crippen molar-refractivity contribution in [2.24, 2.45) is 11.5 Å². The monoisotopic (exact) mass is 446 g/mol. The van der Waals surface area contributed by atoms with Gasteiger partial charge in [-0.1, -0.05) is 30.3 Å². The predicted molar refractivity (Wildman–Crippen MR) is 104 cm³/mol. The standard InChI is InChI=1S/C22H24F6N2O/c1-14(15-7-17(21(23,24)25)9-18(8-15)22(26,27)28)31-13-19(10-20(30,11-19)12-29)16-5-3-2-4-6-16/h2-9,14H,10-13,29-30H2,1H3/t14-,19-,20+/m1/s1. The second-order valence-electron chi connectivity index (χ2n) is 8.36. The van der Waals surface area contributed by atoms with E-state index in [9.17, 15) is 26.3 Å². The summed E-state index contributed by atoms with van der Waals surface area (Å²) in [6.45, 7) is 1.79. The second kappa shape index (κ2) is 8.11. The van der Waals surface area contributed by atoms with Gasteiger partial charge in [-0.3, -0.25) is 0 Å². The van der Waals surface area contributed by atoms with Gasteiger partial charge in [0.25, 0.3) is 0 Å². The second-order valence-corrected chi connectivity index (χ2v) is 8.36. The Bertz CT molecular complexity index is 872. The molecule has 3 nitrogen and oxygen atoms in total. The Morgan fingerprint density at radius 3 is 1.90 bits per heavy atom. The number of nitrogens with two attached hydrogens (primary N) is 2. The first-order valence-electron chi connectivity index (χ1n) is 9.74. The molecule has 3 rings (SSSR count). The summed E-state index contributed by atoms with van der Waals surface area (Å²) in [4.78, 5) is 0. The maximum Gasteiger partial charge on any atom is 0.416 e. The Morgan fingerprint density at radius 2 is 1.45 bits per heavy atom. The summed E-state index contributed by atoms with van der Waals surface area (Å²) < 4.78 is 84.7. The van der Waals surface area contributed by atoms with Crippen molar-refractivity contribution in [1.82, 2.24) is 0 Å². The van der Waals surface area contributed by atoms with Crippen molar-refractivity contribution in [3.05, 3.63) is 70.8 Å². The van der Waals surface area contributed by atoms with Crippen molar-refractivity contribution in [3.63, 3.8) is 0 Å². The largest absolute Gasteiger partial charge is 0.416 e. The van der Waals surface area contributed by atoms with E-state index in [1.165, 1.54) is 6.92 Å². The fraction of sp³-hybridized carbons (Fsp3) is 0.455. The van der Waals surface area contributed by atoms with E-state index in [0.717, 1.165) is 5.56 Å². The normalized spacial score (nSPS) is 25.2. The Labute approximate surface area is 176 Å². The van der Waals surface area contributed by atoms with E-state index in [0.29, 0.717) is 25.0 Å². The molecule has 4 N–H and O–H groups in total. The highest BCUT2D eigenvalue weighted by atomic mass is 19.4. The van der Waals surface area contributed by atoms with Gasteiger partial charge in [0.05, 0.1) is 23.8 Å². The number of benzene rings is 2. The summed E-state index contributed by atoms with van der Waals surface area (Å²) in [5, 5.41) is 0. The molecule has 2 aromatic rings. The molecule has 1 saturated carbocycles. The number of alkyl halides is 6. The van der Waals surface area contributed by atoms with Gasteiger partial charge in [0.1, 0.15) is 0 Å². The summed E-state index contributed by atoms with van der Waals surface area (Å²) in [5.74, 6) is 0. The van der Waals surface area contributed by atoms with Crippen LogP contribution in [0.2, 0.25) is 0 Å². The molecule has 0 unspecified atom stereocenters. The molecule has 0 bridgehead atoms. The van der Waals surface area contributed by atoms with E-state index in [1.54, 1.807) is 0 Å². The molecule has 1 aliphatic carbocycles. The van der Waals surface area contributed by atoms with Crippen molar-refractivity contribution in [2.75, 3.05) is 13.2 Å². The molecule has 0 aromatic heterocycles. The van der Waals surface area contributed by atoms with Crippen LogP contribution in [0.15, 0.2) is 48.5 Å². The van der Waals surface area contributed by atoms with E-state index in [1.807, 2.05) is 30.3 Å². The Kier molecular flexibility index (Phi) is 6.16. The molecule has 0 radical (unpaired) electrons. The Morgan fingerprint density at radius 1 is 0.935 bits per heavy atom. The van der Waals surface area contributed by atoms with E-state index in [2.05, 4.69) is 0 Å². The zero-order chi connectivity index (χ0) is 23.1. The SMILES string of the molecule is C[C@@H](OC[C@]1(c2ccccc2)C[C@](N)(CN)C1)c1cc(C(F)(F)F)cc(C(F)(F)F)c1. The van der Waals surface area contributed by atoms with Crippen LogP contribution >= 0.6 is 0 Å². The number of hydrogen-bond acceptors (Lipinski definition) is 3. The minimum absolute atomic E-state index is 0.0920. The summed E-state index contributed by atoms with van der Waals surface area (Å²) >= 11 is 0. The summed E-state index contributed by atoms with van der Waals surface area (Å²) in [6.07, 6.45) is -9.80. The van der Waals surface area contributed by atoms with Crippen LogP contribution in [0.5, 0.6) is 0 Å². The average molecular weight is 446 g/mol. The third kappa shape index (κ3) is 5.05. The van der Waals surface area contributed by atoms with Gasteiger partial charge in [-0.25, -0.2) is 0 Å². The van der Waals surface area contributed by atoms with Crippen molar-refractivity contribution in [2.45, 2.75) is 49.2 Å². The van der Waals surface area contributed by atoms with Crippen LogP contribution < -0.4 is 11.5 Å². The summed E-state index contributed by atoms with van der Waals surface area (Å²) in [5.41, 5.74) is 8.93. The number of rotatable bonds is 6. The maximum absolute atomic E-state index is 13.2. The number of ether oxygens (including phenoxy) is 1. The van der Waals surface area contributed by atoms with Crippen molar-refractivity contribution >= 4 is 0 Å². The van der Waals surface area contributed by atoms with Crippen LogP contribution in [-0.2, 0) is 22.5 Å². The van der Waals surface area contributed by atoms with Crippen molar-refractivity contribution < 1.29 is 31.1 Å². The van der Waals surface area contributed by atoms with Crippen LogP contribution in [-0.4, -0.2) is 18.7 Å². The van der Waals surface area contributed by atoms with Crippen molar-refractivity contribution in [1.29, 1.82) is 0 Å². The van der Waals surface area contributed by atoms with Gasteiger partial charge in [0.15, 0.2) is 0 Å². The molecule has 0 spiro atoms. The first-order valence-corrected chi connectivity index (χ1v) is 9.74. The molecule has 0 saturated heterocycles. The lowest BCUT2D eigenvalue weighted by Gasteiger charge is -2.54. The fourth-order valence-electron chi connectivity index (χ4n) is 4.22. The molecule has 2 aromatic carbocycles. The maximum atomic E-state index is 13.2. The third-order valence-electron chi connectivity index (χ3n) is 5.86. The highest BCUT2D eigenvalue weighted by molar-refractivity contribution is 5.35. The fourth-order valence-corrected chi connectivity index (χ4v) is 4.22. The molecule has 170 valence electrons. The van der Waals surface area contributed by atoms with Crippen LogP contribution in [0, 0.1) is 0 Å². The lowest BCUT2D eigenvalue weighted by Crippen LogP contribution is -2.65. The van der Waals surface area contributed by atoms with E-state index < -0.39 is 40.5 Å². The quantitative estimate of drug-likeness (QED) is 0.601. The minimum atomic E-state index is -4.91. The number of hydrogen-bond donors (Lipinski definition) is 2. The summed E-state index contributed by atoms with van der Waals surface area (Å²) in [6, 6.07) is 10.8. The highest BCUT2D eigenvalue weighted by Crippen LogP contribution is 2.49. The molecule has 9 heteroatoms. The van der Waals surface area contributed by atoms with E-state index >= 15 is 0 Å². The summed E-state index contributed by atoms with van der Waals surface area (Å²) in [7, 11) is 0. The average Bonchev–Trinajstić information content (AvgIpc) is 2.69. The van der Waals surface area contributed by atoms with Crippen LogP contribution in [0.1, 0.15) is 48.1 Å². The molecule has 31 heavy (non-hydrogen) atoms. The topological polar surface area (TPSA) is 61.3 Å². The van der Waals surface area contributed by atoms with Gasteiger partial charge in [-0.15, -0.1) is 0 Å². The van der Waals surface area contributed by atoms with Crippen LogP contribution in [0.3, 0.4) is 0 Å². The van der Waals surface area contributed by atoms with Crippen LogP contribution in [0.25, 0.3) is 0 Å². The van der Waals surface area contributed by atoms with Crippen LogP contribution in [0.4, 0.5) is 26.3 Å². The first-order chi connectivity index (χ1) is 14.3. The molecule has 1 atom stereocenters. The van der Waals surface area contributed by atoms with Gasteiger partial charge in [0, 0.05) is 17.5 Å². The smallest absolute Gasteiger partial charge is 0.373 e. The van der Waals surface area contributed by atoms with E-state index in [-0.39, 0.29) is 24.8 Å². The molecular weight excluding hydrogens is 422 g/mol. The molecule has 0 aliphatic heterocycles. The molecule has 1 aliphatic rings. The van der Waals surface area contributed by atoms with Gasteiger partial charge >= 0.3 is 12.4 Å². The predicted octanol–water partition coefficient (Wildman–Crippen LogP) is 5.19. The zero-order valence-electron chi connectivity index (χ0n) is 16.9. The Hall–Kier alpha value is -2.10. The molecule has 0 heterocycles. The van der Waals surface area contributed by atoms with Gasteiger partial charge < -0.3 is 16.2 Å². The van der Waals surface area contributed by atoms with Gasteiger partial charge in [0.2, 0.25) is 0 Å². The van der Waals surface area contributed by atoms with Gasteiger partial charge in [-0.05, 0) is 49.1 Å². The molecular formula is C22H24F6N2O. The van der Waals surface area contributed by atoms with Crippen molar-refractivity contribution in [3.8, 4) is 0 Å². The van der Waals surface area contributed by atoms with Gasteiger partial charge in [-0.2, -0.15) is 26.3 Å².